The van der Waals surface area contributed by atoms with E-state index in [-0.39, 0.29) is 11.5 Å². The number of aromatic nitrogens is 2. The summed E-state index contributed by atoms with van der Waals surface area (Å²) in [6.45, 7) is 10.0. The lowest BCUT2D eigenvalue weighted by molar-refractivity contribution is 0.0208. The summed E-state index contributed by atoms with van der Waals surface area (Å²) in [5.74, 6) is 0.948. The van der Waals surface area contributed by atoms with E-state index in [0.29, 0.717) is 41.4 Å². The van der Waals surface area contributed by atoms with Crippen molar-refractivity contribution in [3.63, 3.8) is 0 Å². The van der Waals surface area contributed by atoms with Gasteiger partial charge < -0.3 is 24.3 Å². The Hall–Kier alpha value is -4.41. The lowest BCUT2D eigenvalue weighted by Gasteiger charge is -2.28. The van der Waals surface area contributed by atoms with Crippen LogP contribution in [0.3, 0.4) is 0 Å². The molecule has 0 saturated carbocycles. The van der Waals surface area contributed by atoms with Crippen LogP contribution in [0.25, 0.3) is 22.0 Å². The first-order valence-electron chi connectivity index (χ1n) is 14.2. The molecule has 0 aliphatic carbocycles. The number of ether oxygens (including phenoxy) is 2. The Bertz CT molecular complexity index is 1610. The lowest BCUT2D eigenvalue weighted by Crippen LogP contribution is -2.36. The van der Waals surface area contributed by atoms with Crippen LogP contribution in [0.1, 0.15) is 31.1 Å². The molecule has 0 bridgehead atoms. The average Bonchev–Trinajstić information content (AvgIpc) is 3.01. The summed E-state index contributed by atoms with van der Waals surface area (Å²) in [4.78, 5) is 38.8. The van der Waals surface area contributed by atoms with Crippen molar-refractivity contribution in [3.05, 3.63) is 76.7 Å². The molecular formula is C32H37N5O5. The first-order valence-corrected chi connectivity index (χ1v) is 14.2. The zero-order valence-electron chi connectivity index (χ0n) is 24.5. The molecule has 2 aromatic carbocycles. The summed E-state index contributed by atoms with van der Waals surface area (Å²) in [7, 11) is 1.52. The Morgan fingerprint density at radius 3 is 2.52 bits per heavy atom. The Kier molecular flexibility index (Phi) is 9.04. The third-order valence-corrected chi connectivity index (χ3v) is 7.11. The zero-order chi connectivity index (χ0) is 29.6. The van der Waals surface area contributed by atoms with Crippen LogP contribution in [0.5, 0.6) is 5.75 Å². The molecule has 4 aromatic rings. The van der Waals surface area contributed by atoms with Gasteiger partial charge in [0.25, 0.3) is 11.5 Å². The highest BCUT2D eigenvalue weighted by Crippen LogP contribution is 2.28. The number of aryl methyl sites for hydroxylation is 1. The molecule has 1 amide bonds. The van der Waals surface area contributed by atoms with Gasteiger partial charge >= 0.3 is 0 Å². The molecule has 2 N–H and O–H groups in total. The van der Waals surface area contributed by atoms with Gasteiger partial charge in [-0.3, -0.25) is 14.4 Å². The van der Waals surface area contributed by atoms with E-state index in [9.17, 15) is 9.59 Å². The zero-order valence-corrected chi connectivity index (χ0v) is 24.5. The van der Waals surface area contributed by atoms with E-state index < -0.39 is 5.91 Å². The minimum Gasteiger partial charge on any atom is -0.497 e. The molecule has 1 aliphatic heterocycles. The van der Waals surface area contributed by atoms with Gasteiger partial charge in [-0.25, -0.2) is 10.5 Å². The van der Waals surface area contributed by atoms with Gasteiger partial charge in [0.2, 0.25) is 0 Å². The van der Waals surface area contributed by atoms with Crippen molar-refractivity contribution in [2.45, 2.75) is 27.3 Å². The maximum absolute atomic E-state index is 13.7. The minimum absolute atomic E-state index is 0.173. The quantitative estimate of drug-likeness (QED) is 0.257. The summed E-state index contributed by atoms with van der Waals surface area (Å²) in [6.07, 6.45) is 1.75. The molecule has 1 saturated heterocycles. The van der Waals surface area contributed by atoms with Crippen molar-refractivity contribution < 1.29 is 19.1 Å². The van der Waals surface area contributed by atoms with E-state index in [1.807, 2.05) is 45.0 Å². The molecule has 0 spiro atoms. The fraction of sp³-hybridized carbons (Fsp3) is 0.344. The van der Waals surface area contributed by atoms with Crippen LogP contribution in [-0.2, 0) is 16.1 Å². The molecule has 42 heavy (non-hydrogen) atoms. The van der Waals surface area contributed by atoms with Gasteiger partial charge in [-0.2, -0.15) is 0 Å². The molecule has 10 heteroatoms. The van der Waals surface area contributed by atoms with Gasteiger partial charge in [0.15, 0.2) is 0 Å². The van der Waals surface area contributed by atoms with Crippen LogP contribution in [0, 0.1) is 5.92 Å². The number of amides is 1. The van der Waals surface area contributed by atoms with Crippen LogP contribution in [-0.4, -0.2) is 55.5 Å². The number of fused-ring (bicyclic) bond motifs is 1. The first-order chi connectivity index (χ1) is 20.4. The van der Waals surface area contributed by atoms with Crippen molar-refractivity contribution >= 4 is 34.0 Å². The second-order valence-electron chi connectivity index (χ2n) is 10.6. The summed E-state index contributed by atoms with van der Waals surface area (Å²) in [5, 5.41) is 4.16. The largest absolute Gasteiger partial charge is 0.497 e. The number of benzene rings is 2. The fourth-order valence-corrected chi connectivity index (χ4v) is 4.92. The highest BCUT2D eigenvalue weighted by molar-refractivity contribution is 5.96. The van der Waals surface area contributed by atoms with Crippen LogP contribution >= 0.6 is 0 Å². The van der Waals surface area contributed by atoms with Crippen LogP contribution < -0.4 is 26.0 Å². The van der Waals surface area contributed by atoms with Crippen molar-refractivity contribution in [2.75, 3.05) is 50.2 Å². The maximum Gasteiger partial charge on any atom is 0.274 e. The van der Waals surface area contributed by atoms with Gasteiger partial charge in [-0.1, -0.05) is 13.8 Å². The summed E-state index contributed by atoms with van der Waals surface area (Å²) in [6, 6.07) is 16.9. The van der Waals surface area contributed by atoms with Gasteiger partial charge in [-0.15, -0.1) is 0 Å². The number of rotatable bonds is 10. The molecule has 220 valence electrons. The Labute approximate surface area is 245 Å². The van der Waals surface area contributed by atoms with Gasteiger partial charge in [-0.05, 0) is 66.9 Å². The standard InChI is InChI=1S/C32H37N5O5/c1-5-37-29-18-30(34-25-6-8-26(9-7-25)36-10-12-41-13-11-36)33-19-24(29)17-28(32(37)39)22-14-23(16-27(15-22)40-4)31(38)35-42-20-21(2)3/h6-9,14-19,21H,5,10-13,20H2,1-4H3,(H,33,34)(H,35,38). The van der Waals surface area contributed by atoms with E-state index in [1.165, 1.54) is 7.11 Å². The number of nitrogens with one attached hydrogen (secondary N) is 2. The molecule has 5 rings (SSSR count). The van der Waals surface area contributed by atoms with Crippen molar-refractivity contribution in [1.82, 2.24) is 15.0 Å². The molecule has 10 nitrogen and oxygen atoms in total. The monoisotopic (exact) mass is 571 g/mol. The number of anilines is 3. The normalized spacial score (nSPS) is 13.4. The smallest absolute Gasteiger partial charge is 0.274 e. The number of methoxy groups -OCH3 is 1. The number of carbonyl (C=O) groups is 1. The Morgan fingerprint density at radius 1 is 1.07 bits per heavy atom. The topological polar surface area (TPSA) is 107 Å². The number of nitrogens with zero attached hydrogens (tertiary/aromatic N) is 3. The van der Waals surface area contributed by atoms with E-state index in [1.54, 1.807) is 29.0 Å². The van der Waals surface area contributed by atoms with E-state index in [4.69, 9.17) is 14.3 Å². The molecule has 1 fully saturated rings. The minimum atomic E-state index is -0.414. The van der Waals surface area contributed by atoms with Gasteiger partial charge in [0.1, 0.15) is 11.6 Å². The predicted molar refractivity (Wildman–Crippen MR) is 165 cm³/mol. The number of carbonyl (C=O) groups excluding carboxylic acids is 1. The van der Waals surface area contributed by atoms with Crippen molar-refractivity contribution in [1.29, 1.82) is 0 Å². The summed E-state index contributed by atoms with van der Waals surface area (Å²) < 4.78 is 12.6. The summed E-state index contributed by atoms with van der Waals surface area (Å²) >= 11 is 0. The lowest BCUT2D eigenvalue weighted by atomic mass is 10.0. The van der Waals surface area contributed by atoms with Crippen LogP contribution in [0.2, 0.25) is 0 Å². The molecular weight excluding hydrogens is 534 g/mol. The highest BCUT2D eigenvalue weighted by Gasteiger charge is 2.16. The van der Waals surface area contributed by atoms with E-state index in [0.717, 1.165) is 48.6 Å². The SMILES string of the molecule is CCn1c(=O)c(-c2cc(OC)cc(C(=O)NOCC(C)C)c2)cc2cnc(Nc3ccc(N4CCOCC4)cc3)cc21. The Morgan fingerprint density at radius 2 is 1.83 bits per heavy atom. The van der Waals surface area contributed by atoms with Crippen LogP contribution in [0.15, 0.2) is 65.6 Å². The van der Waals surface area contributed by atoms with Gasteiger partial charge in [0, 0.05) is 59.8 Å². The average molecular weight is 572 g/mol. The number of pyridine rings is 2. The third-order valence-electron chi connectivity index (χ3n) is 7.11. The molecule has 3 heterocycles. The molecule has 1 aliphatic rings. The number of hydroxylamine groups is 1. The molecule has 0 atom stereocenters. The number of hydrogen-bond donors (Lipinski definition) is 2. The van der Waals surface area contributed by atoms with E-state index in [2.05, 4.69) is 32.8 Å². The highest BCUT2D eigenvalue weighted by atomic mass is 16.6. The van der Waals surface area contributed by atoms with Crippen molar-refractivity contribution in [3.8, 4) is 16.9 Å². The van der Waals surface area contributed by atoms with Crippen LogP contribution in [0.4, 0.5) is 17.2 Å². The summed E-state index contributed by atoms with van der Waals surface area (Å²) in [5.41, 5.74) is 6.46. The molecule has 0 radical (unpaired) electrons. The third kappa shape index (κ3) is 6.56. The predicted octanol–water partition coefficient (Wildman–Crippen LogP) is 4.99. The Balaban J connectivity index is 1.43. The van der Waals surface area contributed by atoms with Crippen molar-refractivity contribution in [2.24, 2.45) is 5.92 Å². The fourth-order valence-electron chi connectivity index (χ4n) is 4.92. The number of morpholine rings is 1. The first kappa shape index (κ1) is 29.1. The van der Waals surface area contributed by atoms with Gasteiger partial charge in [0.05, 0.1) is 32.4 Å². The molecule has 2 aromatic heterocycles. The second kappa shape index (κ2) is 13.1. The number of hydrogen-bond acceptors (Lipinski definition) is 8. The maximum atomic E-state index is 13.7. The molecule has 0 unspecified atom stereocenters. The van der Waals surface area contributed by atoms with E-state index >= 15 is 0 Å². The second-order valence-corrected chi connectivity index (χ2v) is 10.6.